The lowest BCUT2D eigenvalue weighted by atomic mass is 10.0. The summed E-state index contributed by atoms with van der Waals surface area (Å²) in [6.45, 7) is 1.68. The fourth-order valence-electron chi connectivity index (χ4n) is 1.66. The van der Waals surface area contributed by atoms with Crippen molar-refractivity contribution < 1.29 is 14.3 Å². The van der Waals surface area contributed by atoms with E-state index in [9.17, 15) is 9.18 Å². The molecule has 3 heteroatoms. The third kappa shape index (κ3) is 2.33. The van der Waals surface area contributed by atoms with Crippen LogP contribution in [0.1, 0.15) is 15.9 Å². The van der Waals surface area contributed by atoms with Gasteiger partial charge in [0.1, 0.15) is 5.82 Å². The third-order valence-electron chi connectivity index (χ3n) is 2.60. The van der Waals surface area contributed by atoms with Gasteiger partial charge in [-0.15, -0.1) is 0 Å². The maximum absolute atomic E-state index is 13.1. The molecule has 0 aliphatic carbocycles. The number of hydrogen-bond acceptors (Lipinski definition) is 1. The smallest absolute Gasteiger partial charge is 0.335 e. The molecule has 0 aromatic heterocycles. The molecular weight excluding hydrogens is 219 g/mol. The summed E-state index contributed by atoms with van der Waals surface area (Å²) in [5.74, 6) is -1.23. The van der Waals surface area contributed by atoms with Crippen LogP contribution in [0.15, 0.2) is 42.5 Å². The molecule has 0 radical (unpaired) electrons. The number of halogens is 1. The molecule has 86 valence electrons. The summed E-state index contributed by atoms with van der Waals surface area (Å²) in [4.78, 5) is 10.8. The Morgan fingerprint density at radius 3 is 2.47 bits per heavy atom. The summed E-state index contributed by atoms with van der Waals surface area (Å²) in [5, 5.41) is 8.89. The van der Waals surface area contributed by atoms with Crippen molar-refractivity contribution in [2.45, 2.75) is 6.92 Å². The van der Waals surface area contributed by atoms with Crippen LogP contribution >= 0.6 is 0 Å². The van der Waals surface area contributed by atoms with E-state index in [-0.39, 0.29) is 11.4 Å². The van der Waals surface area contributed by atoms with Gasteiger partial charge in [0.05, 0.1) is 5.56 Å². The number of benzene rings is 2. The minimum absolute atomic E-state index is 0.226. The Kier molecular flexibility index (Phi) is 2.91. The van der Waals surface area contributed by atoms with E-state index in [0.29, 0.717) is 5.56 Å². The van der Waals surface area contributed by atoms with Crippen molar-refractivity contribution in [1.29, 1.82) is 0 Å². The molecule has 2 aromatic carbocycles. The average molecular weight is 230 g/mol. The number of aryl methyl sites for hydroxylation is 1. The van der Waals surface area contributed by atoms with Crippen molar-refractivity contribution in [1.82, 2.24) is 0 Å². The predicted octanol–water partition coefficient (Wildman–Crippen LogP) is 3.50. The molecule has 2 rings (SSSR count). The summed E-state index contributed by atoms with van der Waals surface area (Å²) in [6.07, 6.45) is 0. The fraction of sp³-hybridized carbons (Fsp3) is 0.0714. The lowest BCUT2D eigenvalue weighted by molar-refractivity contribution is 0.0697. The quantitative estimate of drug-likeness (QED) is 0.857. The Morgan fingerprint density at radius 1 is 1.12 bits per heavy atom. The lowest BCUT2D eigenvalue weighted by Gasteiger charge is -2.05. The van der Waals surface area contributed by atoms with Crippen LogP contribution in [0.5, 0.6) is 0 Å². The van der Waals surface area contributed by atoms with Crippen LogP contribution in [0, 0.1) is 12.7 Å². The highest BCUT2D eigenvalue weighted by molar-refractivity contribution is 5.89. The largest absolute Gasteiger partial charge is 0.478 e. The molecule has 1 N–H and O–H groups in total. The minimum atomic E-state index is -0.967. The standard InChI is InChI=1S/C14H11FO2/c1-9-7-11(5-6-13(9)15)10-3-2-4-12(8-10)14(16)17/h2-8H,1H3,(H,16,17). The zero-order valence-electron chi connectivity index (χ0n) is 9.27. The van der Waals surface area contributed by atoms with Gasteiger partial charge < -0.3 is 5.11 Å². The van der Waals surface area contributed by atoms with E-state index in [1.807, 2.05) is 0 Å². The highest BCUT2D eigenvalue weighted by atomic mass is 19.1. The van der Waals surface area contributed by atoms with E-state index >= 15 is 0 Å². The number of carboxylic acid groups (broad SMARTS) is 1. The maximum Gasteiger partial charge on any atom is 0.335 e. The SMILES string of the molecule is Cc1cc(-c2cccc(C(=O)O)c2)ccc1F. The third-order valence-corrected chi connectivity index (χ3v) is 2.60. The Labute approximate surface area is 98.3 Å². The van der Waals surface area contributed by atoms with E-state index in [1.165, 1.54) is 12.1 Å². The first-order chi connectivity index (χ1) is 8.08. The molecule has 2 nitrogen and oxygen atoms in total. The van der Waals surface area contributed by atoms with Crippen molar-refractivity contribution in [2.75, 3.05) is 0 Å². The number of carbonyl (C=O) groups is 1. The van der Waals surface area contributed by atoms with Crippen LogP contribution in [0.25, 0.3) is 11.1 Å². The van der Waals surface area contributed by atoms with Crippen molar-refractivity contribution in [3.8, 4) is 11.1 Å². The highest BCUT2D eigenvalue weighted by Gasteiger charge is 2.06. The molecular formula is C14H11FO2. The topological polar surface area (TPSA) is 37.3 Å². The molecule has 17 heavy (non-hydrogen) atoms. The lowest BCUT2D eigenvalue weighted by Crippen LogP contribution is -1.95. The average Bonchev–Trinajstić information content (AvgIpc) is 2.33. The van der Waals surface area contributed by atoms with Gasteiger partial charge in [0.2, 0.25) is 0 Å². The van der Waals surface area contributed by atoms with Crippen LogP contribution in [0.2, 0.25) is 0 Å². The van der Waals surface area contributed by atoms with Gasteiger partial charge in [0, 0.05) is 0 Å². The second kappa shape index (κ2) is 4.37. The maximum atomic E-state index is 13.1. The number of carboxylic acids is 1. The highest BCUT2D eigenvalue weighted by Crippen LogP contribution is 2.22. The van der Waals surface area contributed by atoms with E-state index in [0.717, 1.165) is 11.1 Å². The summed E-state index contributed by atoms with van der Waals surface area (Å²) in [7, 11) is 0. The van der Waals surface area contributed by atoms with E-state index < -0.39 is 5.97 Å². The van der Waals surface area contributed by atoms with Crippen LogP contribution in [0.3, 0.4) is 0 Å². The Bertz CT molecular complexity index is 576. The van der Waals surface area contributed by atoms with Gasteiger partial charge in [-0.3, -0.25) is 0 Å². The van der Waals surface area contributed by atoms with Crippen LogP contribution < -0.4 is 0 Å². The fourth-order valence-corrected chi connectivity index (χ4v) is 1.66. The predicted molar refractivity (Wildman–Crippen MR) is 63.5 cm³/mol. The first-order valence-electron chi connectivity index (χ1n) is 5.18. The molecule has 0 bridgehead atoms. The molecule has 0 amide bonds. The van der Waals surface area contributed by atoms with Gasteiger partial charge in [0.15, 0.2) is 0 Å². The second-order valence-electron chi connectivity index (χ2n) is 3.85. The van der Waals surface area contributed by atoms with E-state index in [4.69, 9.17) is 5.11 Å². The number of hydrogen-bond donors (Lipinski definition) is 1. The molecule has 0 atom stereocenters. The number of rotatable bonds is 2. The molecule has 0 aliphatic heterocycles. The van der Waals surface area contributed by atoms with Gasteiger partial charge in [-0.05, 0) is 47.9 Å². The molecule has 0 heterocycles. The normalized spacial score (nSPS) is 10.2. The zero-order valence-corrected chi connectivity index (χ0v) is 9.27. The minimum Gasteiger partial charge on any atom is -0.478 e. The first-order valence-corrected chi connectivity index (χ1v) is 5.18. The molecule has 0 unspecified atom stereocenters. The van der Waals surface area contributed by atoms with Crippen LogP contribution in [-0.4, -0.2) is 11.1 Å². The number of aromatic carboxylic acids is 1. The van der Waals surface area contributed by atoms with Crippen LogP contribution in [0.4, 0.5) is 4.39 Å². The second-order valence-corrected chi connectivity index (χ2v) is 3.85. The summed E-state index contributed by atoms with van der Waals surface area (Å²) < 4.78 is 13.1. The Hall–Kier alpha value is -2.16. The van der Waals surface area contributed by atoms with Gasteiger partial charge in [0.25, 0.3) is 0 Å². The molecule has 2 aromatic rings. The van der Waals surface area contributed by atoms with Gasteiger partial charge in [-0.1, -0.05) is 18.2 Å². The van der Waals surface area contributed by atoms with Gasteiger partial charge in [-0.2, -0.15) is 0 Å². The summed E-state index contributed by atoms with van der Waals surface area (Å²) in [6, 6.07) is 11.3. The van der Waals surface area contributed by atoms with Crippen molar-refractivity contribution in [3.63, 3.8) is 0 Å². The molecule has 0 aliphatic rings. The summed E-state index contributed by atoms with van der Waals surface area (Å²) in [5.41, 5.74) is 2.35. The zero-order chi connectivity index (χ0) is 12.4. The van der Waals surface area contributed by atoms with E-state index in [2.05, 4.69) is 0 Å². The van der Waals surface area contributed by atoms with Gasteiger partial charge in [-0.25, -0.2) is 9.18 Å². The van der Waals surface area contributed by atoms with Crippen molar-refractivity contribution in [3.05, 3.63) is 59.4 Å². The van der Waals surface area contributed by atoms with E-state index in [1.54, 1.807) is 37.3 Å². The van der Waals surface area contributed by atoms with Crippen molar-refractivity contribution in [2.24, 2.45) is 0 Å². The molecule has 0 fully saturated rings. The monoisotopic (exact) mass is 230 g/mol. The Balaban J connectivity index is 2.49. The molecule has 0 saturated carbocycles. The Morgan fingerprint density at radius 2 is 1.82 bits per heavy atom. The summed E-state index contributed by atoms with van der Waals surface area (Å²) >= 11 is 0. The van der Waals surface area contributed by atoms with Crippen molar-refractivity contribution >= 4 is 5.97 Å². The van der Waals surface area contributed by atoms with Crippen LogP contribution in [-0.2, 0) is 0 Å². The first kappa shape index (κ1) is 11.3. The molecule has 0 spiro atoms. The van der Waals surface area contributed by atoms with Gasteiger partial charge >= 0.3 is 5.97 Å². The molecule has 0 saturated heterocycles.